The number of nitrogens with zero attached hydrogens (tertiary/aromatic N) is 5. The van der Waals surface area contributed by atoms with Gasteiger partial charge in [0.2, 0.25) is 5.82 Å². The van der Waals surface area contributed by atoms with Crippen LogP contribution in [0.2, 0.25) is 0 Å². The SMILES string of the molecule is c1cc(-c2nn[nH]n2)cc(C2CCCCC2Cn2ccnc2)c1. The molecule has 4 rings (SSSR count). The summed E-state index contributed by atoms with van der Waals surface area (Å²) in [5, 5.41) is 14.4. The van der Waals surface area contributed by atoms with Crippen LogP contribution in [0, 0.1) is 5.92 Å². The smallest absolute Gasteiger partial charge is 0.204 e. The molecule has 1 aliphatic carbocycles. The first kappa shape index (κ1) is 14.1. The maximum absolute atomic E-state index is 4.17. The fraction of sp³-hybridized carbons (Fsp3) is 0.412. The molecule has 2 unspecified atom stereocenters. The largest absolute Gasteiger partial charge is 0.337 e. The highest BCUT2D eigenvalue weighted by atomic mass is 15.5. The van der Waals surface area contributed by atoms with Crippen LogP contribution in [0.25, 0.3) is 11.4 Å². The van der Waals surface area contributed by atoms with E-state index in [1.165, 1.54) is 31.2 Å². The number of hydrogen-bond acceptors (Lipinski definition) is 4. The molecule has 118 valence electrons. The van der Waals surface area contributed by atoms with Crippen molar-refractivity contribution in [2.45, 2.75) is 38.1 Å². The van der Waals surface area contributed by atoms with Crippen molar-refractivity contribution in [3.8, 4) is 11.4 Å². The first-order chi connectivity index (χ1) is 11.4. The highest BCUT2D eigenvalue weighted by Crippen LogP contribution is 2.39. The molecule has 6 heteroatoms. The molecule has 1 saturated carbocycles. The number of imidazole rings is 1. The lowest BCUT2D eigenvalue weighted by Crippen LogP contribution is -2.22. The van der Waals surface area contributed by atoms with Gasteiger partial charge in [-0.25, -0.2) is 4.98 Å². The molecule has 1 aliphatic rings. The molecular weight excluding hydrogens is 288 g/mol. The molecule has 0 radical (unpaired) electrons. The number of nitrogens with one attached hydrogen (secondary N) is 1. The highest BCUT2D eigenvalue weighted by molar-refractivity contribution is 5.55. The number of tetrazole rings is 1. The number of hydrogen-bond donors (Lipinski definition) is 1. The van der Waals surface area contributed by atoms with Crippen LogP contribution < -0.4 is 0 Å². The second kappa shape index (κ2) is 6.32. The van der Waals surface area contributed by atoms with Gasteiger partial charge in [0.25, 0.3) is 0 Å². The van der Waals surface area contributed by atoms with E-state index < -0.39 is 0 Å². The van der Waals surface area contributed by atoms with Gasteiger partial charge in [-0.05, 0) is 41.5 Å². The van der Waals surface area contributed by atoms with Gasteiger partial charge in [0, 0.05) is 24.5 Å². The van der Waals surface area contributed by atoms with Gasteiger partial charge in [-0.15, -0.1) is 10.2 Å². The van der Waals surface area contributed by atoms with E-state index in [9.17, 15) is 0 Å². The van der Waals surface area contributed by atoms with Crippen molar-refractivity contribution in [2.75, 3.05) is 0 Å². The van der Waals surface area contributed by atoms with Crippen molar-refractivity contribution in [1.29, 1.82) is 0 Å². The van der Waals surface area contributed by atoms with Crippen LogP contribution >= 0.6 is 0 Å². The summed E-state index contributed by atoms with van der Waals surface area (Å²) in [5.41, 5.74) is 2.42. The molecule has 23 heavy (non-hydrogen) atoms. The number of benzene rings is 1. The van der Waals surface area contributed by atoms with Gasteiger partial charge >= 0.3 is 0 Å². The Morgan fingerprint density at radius 2 is 2.17 bits per heavy atom. The first-order valence-electron chi connectivity index (χ1n) is 8.19. The Bertz CT molecular complexity index is 734. The zero-order chi connectivity index (χ0) is 15.5. The van der Waals surface area contributed by atoms with Gasteiger partial charge in [0.1, 0.15) is 0 Å². The van der Waals surface area contributed by atoms with E-state index in [1.807, 2.05) is 18.6 Å². The van der Waals surface area contributed by atoms with Crippen LogP contribution in [-0.2, 0) is 6.54 Å². The Labute approximate surface area is 135 Å². The summed E-state index contributed by atoms with van der Waals surface area (Å²) in [6.45, 7) is 1.04. The van der Waals surface area contributed by atoms with Crippen molar-refractivity contribution >= 4 is 0 Å². The van der Waals surface area contributed by atoms with Crippen molar-refractivity contribution in [1.82, 2.24) is 30.2 Å². The molecule has 0 amide bonds. The lowest BCUT2D eigenvalue weighted by molar-refractivity contribution is 0.274. The summed E-state index contributed by atoms with van der Waals surface area (Å²) in [7, 11) is 0. The van der Waals surface area contributed by atoms with Gasteiger partial charge < -0.3 is 4.57 Å². The molecule has 0 spiro atoms. The zero-order valence-electron chi connectivity index (χ0n) is 13.0. The third kappa shape index (κ3) is 3.02. The minimum absolute atomic E-state index is 0.581. The van der Waals surface area contributed by atoms with Gasteiger partial charge in [-0.1, -0.05) is 31.0 Å². The second-order valence-corrected chi connectivity index (χ2v) is 6.27. The molecular formula is C17H20N6. The Balaban J connectivity index is 1.60. The summed E-state index contributed by atoms with van der Waals surface area (Å²) in [5.74, 6) is 1.89. The van der Waals surface area contributed by atoms with Gasteiger partial charge in [0.05, 0.1) is 6.33 Å². The Morgan fingerprint density at radius 3 is 3.00 bits per heavy atom. The topological polar surface area (TPSA) is 72.3 Å². The lowest BCUT2D eigenvalue weighted by atomic mass is 9.75. The highest BCUT2D eigenvalue weighted by Gasteiger charge is 2.27. The van der Waals surface area contributed by atoms with Crippen molar-refractivity contribution in [3.63, 3.8) is 0 Å². The molecule has 0 bridgehead atoms. The van der Waals surface area contributed by atoms with Gasteiger partial charge in [0.15, 0.2) is 0 Å². The Kier molecular flexibility index (Phi) is 3.88. The van der Waals surface area contributed by atoms with Crippen molar-refractivity contribution in [2.24, 2.45) is 5.92 Å². The van der Waals surface area contributed by atoms with Crippen molar-refractivity contribution < 1.29 is 0 Å². The number of aromatic amines is 1. The molecule has 1 N–H and O–H groups in total. The predicted octanol–water partition coefficient (Wildman–Crippen LogP) is 3.04. The van der Waals surface area contributed by atoms with E-state index in [0.717, 1.165) is 12.1 Å². The van der Waals surface area contributed by atoms with E-state index >= 15 is 0 Å². The molecule has 2 aromatic heterocycles. The molecule has 1 fully saturated rings. The van der Waals surface area contributed by atoms with Gasteiger partial charge in [-0.3, -0.25) is 0 Å². The van der Waals surface area contributed by atoms with Crippen molar-refractivity contribution in [3.05, 3.63) is 48.5 Å². The maximum Gasteiger partial charge on any atom is 0.204 e. The van der Waals surface area contributed by atoms with Crippen LogP contribution in [0.15, 0.2) is 43.0 Å². The van der Waals surface area contributed by atoms with Crippen LogP contribution in [0.3, 0.4) is 0 Å². The number of aromatic nitrogens is 6. The number of H-pyrrole nitrogens is 1. The minimum atomic E-state index is 0.581. The number of rotatable bonds is 4. The quantitative estimate of drug-likeness (QED) is 0.804. The molecule has 0 aliphatic heterocycles. The molecule has 6 nitrogen and oxygen atoms in total. The van der Waals surface area contributed by atoms with E-state index in [4.69, 9.17) is 0 Å². The van der Waals surface area contributed by atoms with Crippen LogP contribution in [0.1, 0.15) is 37.2 Å². The van der Waals surface area contributed by atoms with E-state index in [0.29, 0.717) is 17.7 Å². The summed E-state index contributed by atoms with van der Waals surface area (Å²) in [6, 6.07) is 8.61. The molecule has 2 heterocycles. The second-order valence-electron chi connectivity index (χ2n) is 6.27. The summed E-state index contributed by atoms with van der Waals surface area (Å²) in [4.78, 5) is 4.17. The zero-order valence-corrected chi connectivity index (χ0v) is 13.0. The van der Waals surface area contributed by atoms with Crippen LogP contribution in [0.5, 0.6) is 0 Å². The summed E-state index contributed by atoms with van der Waals surface area (Å²) in [6.07, 6.45) is 11.0. The van der Waals surface area contributed by atoms with E-state index in [-0.39, 0.29) is 0 Å². The average molecular weight is 308 g/mol. The minimum Gasteiger partial charge on any atom is -0.337 e. The fourth-order valence-electron chi connectivity index (χ4n) is 3.72. The molecule has 1 aromatic carbocycles. The maximum atomic E-state index is 4.17. The standard InChI is InChI=1S/C17H20N6/c1-2-7-16(15(4-1)11-23-9-8-18-12-23)13-5-3-6-14(10-13)17-19-21-22-20-17/h3,5-6,8-10,12,15-16H,1-2,4,7,11H2,(H,19,20,21,22). The first-order valence-corrected chi connectivity index (χ1v) is 8.19. The predicted molar refractivity (Wildman–Crippen MR) is 86.5 cm³/mol. The third-order valence-corrected chi connectivity index (χ3v) is 4.83. The van der Waals surface area contributed by atoms with Crippen LogP contribution in [0.4, 0.5) is 0 Å². The molecule has 0 saturated heterocycles. The van der Waals surface area contributed by atoms with E-state index in [2.05, 4.69) is 54.6 Å². The monoisotopic (exact) mass is 308 g/mol. The summed E-state index contributed by atoms with van der Waals surface area (Å²) < 4.78 is 2.20. The fourth-order valence-corrected chi connectivity index (χ4v) is 3.72. The van der Waals surface area contributed by atoms with E-state index in [1.54, 1.807) is 0 Å². The normalized spacial score (nSPS) is 21.4. The van der Waals surface area contributed by atoms with Gasteiger partial charge in [-0.2, -0.15) is 5.21 Å². The van der Waals surface area contributed by atoms with Crippen LogP contribution in [-0.4, -0.2) is 30.2 Å². The average Bonchev–Trinajstić information content (AvgIpc) is 3.29. The lowest BCUT2D eigenvalue weighted by Gasteiger charge is -2.32. The third-order valence-electron chi connectivity index (χ3n) is 4.83. The Hall–Kier alpha value is -2.50. The molecule has 2 atom stereocenters. The Morgan fingerprint density at radius 1 is 1.22 bits per heavy atom. The molecule has 3 aromatic rings. The summed E-state index contributed by atoms with van der Waals surface area (Å²) >= 11 is 0.